The highest BCUT2D eigenvalue weighted by Crippen LogP contribution is 2.33. The number of benzene rings is 2. The van der Waals surface area contributed by atoms with E-state index in [1.54, 1.807) is 11.0 Å². The van der Waals surface area contributed by atoms with Crippen LogP contribution in [0.4, 0.5) is 10.5 Å². The highest BCUT2D eigenvalue weighted by Gasteiger charge is 2.38. The summed E-state index contributed by atoms with van der Waals surface area (Å²) in [6.07, 6.45) is -0.487. The average molecular weight is 365 g/mol. The number of hydrogen-bond acceptors (Lipinski definition) is 2. The van der Waals surface area contributed by atoms with E-state index >= 15 is 0 Å². The molecule has 2 aromatic rings. The van der Waals surface area contributed by atoms with Crippen molar-refractivity contribution in [2.45, 2.75) is 25.5 Å². The van der Waals surface area contributed by atoms with E-state index in [0.717, 1.165) is 11.3 Å². The Morgan fingerprint density at radius 3 is 2.33 bits per heavy atom. The molecular weight excluding hydrogens is 347 g/mol. The van der Waals surface area contributed by atoms with Crippen molar-refractivity contribution in [3.8, 4) is 0 Å². The maximum atomic E-state index is 12.5. The molecule has 6 heteroatoms. The minimum atomic E-state index is -0.493. The van der Waals surface area contributed by atoms with Crippen molar-refractivity contribution in [1.29, 1.82) is 0 Å². The highest BCUT2D eigenvalue weighted by atomic mass is 35.5. The molecule has 126 valence electrons. The van der Waals surface area contributed by atoms with E-state index in [2.05, 4.69) is 5.32 Å². The lowest BCUT2D eigenvalue weighted by Gasteiger charge is -2.41. The van der Waals surface area contributed by atoms with Gasteiger partial charge in [-0.15, -0.1) is 0 Å². The standard InChI is InChI=1S/C18H18Cl2N2O2/c1-18(2,12-8-13(19)10-14(20)9-12)16-21-17(23)22(11-24-16)15-6-4-3-5-7-15/h3-10,16H,11H2,1-2H3,(H,21,23). The molecule has 1 unspecified atom stereocenters. The van der Waals surface area contributed by atoms with Crippen LogP contribution in [0.15, 0.2) is 48.5 Å². The van der Waals surface area contributed by atoms with E-state index in [1.807, 2.05) is 56.3 Å². The number of rotatable bonds is 3. The number of anilines is 1. The molecule has 0 saturated carbocycles. The molecule has 0 bridgehead atoms. The molecule has 3 rings (SSSR count). The van der Waals surface area contributed by atoms with Crippen molar-refractivity contribution in [2.75, 3.05) is 11.6 Å². The number of halogens is 2. The molecule has 1 aliphatic rings. The van der Waals surface area contributed by atoms with Gasteiger partial charge in [0.25, 0.3) is 0 Å². The number of carbonyl (C=O) groups is 1. The van der Waals surface area contributed by atoms with Crippen molar-refractivity contribution in [3.63, 3.8) is 0 Å². The fourth-order valence-electron chi connectivity index (χ4n) is 2.71. The first-order valence-electron chi connectivity index (χ1n) is 7.59. The highest BCUT2D eigenvalue weighted by molar-refractivity contribution is 6.34. The van der Waals surface area contributed by atoms with Crippen LogP contribution in [0.3, 0.4) is 0 Å². The first kappa shape index (κ1) is 17.1. The van der Waals surface area contributed by atoms with Gasteiger partial charge in [-0.1, -0.05) is 55.2 Å². The van der Waals surface area contributed by atoms with Crippen LogP contribution in [-0.2, 0) is 10.2 Å². The van der Waals surface area contributed by atoms with Crippen LogP contribution in [0, 0.1) is 0 Å². The summed E-state index contributed by atoms with van der Waals surface area (Å²) < 4.78 is 5.92. The van der Waals surface area contributed by atoms with Gasteiger partial charge in [0.05, 0.1) is 0 Å². The molecule has 1 saturated heterocycles. The molecule has 2 aromatic carbocycles. The molecule has 4 nitrogen and oxygen atoms in total. The van der Waals surface area contributed by atoms with Gasteiger partial charge in [0.15, 0.2) is 0 Å². The summed E-state index contributed by atoms with van der Waals surface area (Å²) in [5.74, 6) is 0. The Kier molecular flexibility index (Phi) is 4.72. The second-order valence-corrected chi connectivity index (χ2v) is 7.14. The molecule has 1 fully saturated rings. The normalized spacial score (nSPS) is 18.4. The van der Waals surface area contributed by atoms with E-state index in [-0.39, 0.29) is 12.8 Å². The second kappa shape index (κ2) is 6.63. The van der Waals surface area contributed by atoms with E-state index < -0.39 is 11.6 Å². The smallest absolute Gasteiger partial charge is 0.325 e. The van der Waals surface area contributed by atoms with E-state index in [0.29, 0.717) is 10.0 Å². The molecule has 1 aliphatic heterocycles. The summed E-state index contributed by atoms with van der Waals surface area (Å²) in [5.41, 5.74) is 1.20. The van der Waals surface area contributed by atoms with Gasteiger partial charge in [0, 0.05) is 21.1 Å². The number of nitrogens with zero attached hydrogens (tertiary/aromatic N) is 1. The molecule has 0 spiro atoms. The Bertz CT molecular complexity index is 730. The number of para-hydroxylation sites is 1. The fraction of sp³-hybridized carbons (Fsp3) is 0.278. The molecule has 1 atom stereocenters. The van der Waals surface area contributed by atoms with Crippen LogP contribution in [-0.4, -0.2) is 19.0 Å². The minimum absolute atomic E-state index is 0.179. The van der Waals surface area contributed by atoms with Crippen molar-refractivity contribution < 1.29 is 9.53 Å². The lowest BCUT2D eigenvalue weighted by Crippen LogP contribution is -2.59. The quantitative estimate of drug-likeness (QED) is 0.849. The van der Waals surface area contributed by atoms with Gasteiger partial charge in [0.2, 0.25) is 0 Å². The van der Waals surface area contributed by atoms with Crippen LogP contribution in [0.5, 0.6) is 0 Å². The largest absolute Gasteiger partial charge is 0.337 e. The predicted molar refractivity (Wildman–Crippen MR) is 96.7 cm³/mol. The number of amides is 2. The Morgan fingerprint density at radius 2 is 1.75 bits per heavy atom. The van der Waals surface area contributed by atoms with Gasteiger partial charge in [-0.05, 0) is 35.9 Å². The molecule has 2 amide bonds. The molecular formula is C18H18Cl2N2O2. The van der Waals surface area contributed by atoms with Crippen molar-refractivity contribution in [2.24, 2.45) is 0 Å². The van der Waals surface area contributed by atoms with Gasteiger partial charge in [-0.3, -0.25) is 4.90 Å². The van der Waals surface area contributed by atoms with Gasteiger partial charge < -0.3 is 10.1 Å². The van der Waals surface area contributed by atoms with Crippen molar-refractivity contribution in [3.05, 3.63) is 64.1 Å². The predicted octanol–water partition coefficient (Wildman–Crippen LogP) is 4.80. The summed E-state index contributed by atoms with van der Waals surface area (Å²) in [7, 11) is 0. The lowest BCUT2D eigenvalue weighted by atomic mass is 9.82. The monoisotopic (exact) mass is 364 g/mol. The summed E-state index contributed by atoms with van der Waals surface area (Å²) in [6, 6.07) is 14.6. The van der Waals surface area contributed by atoms with Gasteiger partial charge in [-0.2, -0.15) is 0 Å². The number of nitrogens with one attached hydrogen (secondary N) is 1. The van der Waals surface area contributed by atoms with E-state index in [4.69, 9.17) is 27.9 Å². The van der Waals surface area contributed by atoms with Crippen molar-refractivity contribution in [1.82, 2.24) is 5.32 Å². The van der Waals surface area contributed by atoms with E-state index in [9.17, 15) is 4.79 Å². The summed E-state index contributed by atoms with van der Waals surface area (Å²) in [5, 5.41) is 4.03. The van der Waals surface area contributed by atoms with Crippen LogP contribution in [0.25, 0.3) is 0 Å². The first-order chi connectivity index (χ1) is 11.4. The topological polar surface area (TPSA) is 41.6 Å². The molecule has 0 aliphatic carbocycles. The van der Waals surface area contributed by atoms with Crippen LogP contribution in [0.2, 0.25) is 10.0 Å². The molecule has 24 heavy (non-hydrogen) atoms. The third-order valence-electron chi connectivity index (χ3n) is 4.20. The fourth-order valence-corrected chi connectivity index (χ4v) is 3.23. The van der Waals surface area contributed by atoms with E-state index in [1.165, 1.54) is 0 Å². The van der Waals surface area contributed by atoms with Gasteiger partial charge in [0.1, 0.15) is 13.0 Å². The number of urea groups is 1. The van der Waals surface area contributed by atoms with Crippen LogP contribution in [0.1, 0.15) is 19.4 Å². The lowest BCUT2D eigenvalue weighted by molar-refractivity contribution is -0.0205. The zero-order valence-electron chi connectivity index (χ0n) is 13.4. The van der Waals surface area contributed by atoms with Gasteiger partial charge in [-0.25, -0.2) is 4.79 Å². The Hall–Kier alpha value is -1.75. The van der Waals surface area contributed by atoms with Crippen molar-refractivity contribution >= 4 is 34.9 Å². The zero-order valence-corrected chi connectivity index (χ0v) is 14.9. The Balaban J connectivity index is 1.80. The maximum Gasteiger partial charge on any atom is 0.325 e. The van der Waals surface area contributed by atoms with Gasteiger partial charge >= 0.3 is 6.03 Å². The SMILES string of the molecule is CC(C)(c1cc(Cl)cc(Cl)c1)C1NC(=O)N(c2ccccc2)CO1. The molecule has 0 radical (unpaired) electrons. The Morgan fingerprint density at radius 1 is 1.12 bits per heavy atom. The first-order valence-corrected chi connectivity index (χ1v) is 8.35. The number of hydrogen-bond donors (Lipinski definition) is 1. The number of ether oxygens (including phenoxy) is 1. The summed E-state index contributed by atoms with van der Waals surface area (Å²) in [4.78, 5) is 14.1. The Labute approximate surface area is 151 Å². The van der Waals surface area contributed by atoms with Crippen LogP contribution >= 0.6 is 23.2 Å². The average Bonchev–Trinajstić information content (AvgIpc) is 2.54. The third-order valence-corrected chi connectivity index (χ3v) is 4.64. The zero-order chi connectivity index (χ0) is 17.3. The van der Waals surface area contributed by atoms with Crippen LogP contribution < -0.4 is 10.2 Å². The minimum Gasteiger partial charge on any atom is -0.337 e. The molecule has 0 aromatic heterocycles. The summed E-state index contributed by atoms with van der Waals surface area (Å²) in [6.45, 7) is 4.15. The maximum absolute atomic E-state index is 12.5. The number of carbonyl (C=O) groups excluding carboxylic acids is 1. The third kappa shape index (κ3) is 3.36. The second-order valence-electron chi connectivity index (χ2n) is 6.27. The molecule has 1 heterocycles. The summed E-state index contributed by atoms with van der Waals surface area (Å²) >= 11 is 12.2. The molecule has 1 N–H and O–H groups in total.